The smallest absolute Gasteiger partial charge is 0.219 e. The van der Waals surface area contributed by atoms with Gasteiger partial charge in [-0.05, 0) is 49.2 Å². The molecule has 0 atom stereocenters. The summed E-state index contributed by atoms with van der Waals surface area (Å²) in [6.45, 7) is 5.97. The molecular weight excluding hydrogens is 525 g/mol. The van der Waals surface area contributed by atoms with Gasteiger partial charge in [-0.3, -0.25) is 4.99 Å². The molecule has 2 heterocycles. The van der Waals surface area contributed by atoms with Crippen molar-refractivity contribution in [3.63, 3.8) is 0 Å². The number of thiazole rings is 1. The lowest BCUT2D eigenvalue weighted by Gasteiger charge is -2.12. The average Bonchev–Trinajstić information content (AvgIpc) is 3.24. The number of nitrogens with one attached hydrogen (secondary N) is 2. The van der Waals surface area contributed by atoms with Crippen LogP contribution in [-0.4, -0.2) is 29.6 Å². The van der Waals surface area contributed by atoms with Gasteiger partial charge in [-0.25, -0.2) is 9.97 Å². The number of pyridine rings is 1. The van der Waals surface area contributed by atoms with Crippen molar-refractivity contribution in [2.24, 2.45) is 4.99 Å². The molecule has 3 aromatic rings. The second-order valence-corrected chi connectivity index (χ2v) is 7.56. The van der Waals surface area contributed by atoms with Crippen molar-refractivity contribution in [2.75, 3.05) is 13.7 Å². The van der Waals surface area contributed by atoms with Gasteiger partial charge >= 0.3 is 0 Å². The van der Waals surface area contributed by atoms with E-state index < -0.39 is 0 Å². The molecule has 31 heavy (non-hydrogen) atoms. The second-order valence-electron chi connectivity index (χ2n) is 6.36. The Morgan fingerprint density at radius 2 is 1.77 bits per heavy atom. The number of benzene rings is 1. The minimum Gasteiger partial charge on any atom is -0.494 e. The highest BCUT2D eigenvalue weighted by atomic mass is 127. The van der Waals surface area contributed by atoms with E-state index in [2.05, 4.69) is 32.5 Å². The number of rotatable bonds is 9. The number of aliphatic imine (C=N–C) groups is 1. The van der Waals surface area contributed by atoms with Crippen LogP contribution in [0.2, 0.25) is 0 Å². The lowest BCUT2D eigenvalue weighted by molar-refractivity contribution is 0.339. The molecule has 166 valence electrons. The van der Waals surface area contributed by atoms with Gasteiger partial charge in [-0.2, -0.15) is 0 Å². The van der Waals surface area contributed by atoms with Gasteiger partial charge in [0, 0.05) is 36.9 Å². The number of ether oxygens (including phenoxy) is 2. The maximum Gasteiger partial charge on any atom is 0.219 e. The van der Waals surface area contributed by atoms with Crippen molar-refractivity contribution in [3.8, 4) is 17.4 Å². The molecule has 9 heteroatoms. The van der Waals surface area contributed by atoms with E-state index in [0.29, 0.717) is 37.3 Å². The predicted octanol–water partition coefficient (Wildman–Crippen LogP) is 4.77. The van der Waals surface area contributed by atoms with Crippen LogP contribution in [0.5, 0.6) is 17.4 Å². The van der Waals surface area contributed by atoms with E-state index >= 15 is 0 Å². The molecule has 0 amide bonds. The van der Waals surface area contributed by atoms with Crippen LogP contribution in [0.1, 0.15) is 29.3 Å². The third kappa shape index (κ3) is 7.98. The molecule has 0 aliphatic heterocycles. The van der Waals surface area contributed by atoms with Gasteiger partial charge in [-0.1, -0.05) is 6.92 Å². The van der Waals surface area contributed by atoms with Crippen molar-refractivity contribution >= 4 is 41.3 Å². The number of aryl methyl sites for hydroxylation is 1. The number of hydrogen-bond donors (Lipinski definition) is 2. The Labute approximate surface area is 204 Å². The Hall–Kier alpha value is -2.40. The third-order valence-corrected chi connectivity index (χ3v) is 5.34. The molecule has 0 bridgehead atoms. The first-order chi connectivity index (χ1) is 14.7. The molecule has 2 aromatic heterocycles. The van der Waals surface area contributed by atoms with Crippen molar-refractivity contribution in [1.29, 1.82) is 0 Å². The van der Waals surface area contributed by atoms with Crippen molar-refractivity contribution in [1.82, 2.24) is 20.6 Å². The van der Waals surface area contributed by atoms with Gasteiger partial charge in [0.25, 0.3) is 0 Å². The van der Waals surface area contributed by atoms with Gasteiger partial charge < -0.3 is 20.1 Å². The number of halogens is 1. The van der Waals surface area contributed by atoms with Crippen LogP contribution in [0, 0.1) is 0 Å². The summed E-state index contributed by atoms with van der Waals surface area (Å²) >= 11 is 1.72. The molecule has 0 unspecified atom stereocenters. The second kappa shape index (κ2) is 13.1. The van der Waals surface area contributed by atoms with Crippen molar-refractivity contribution < 1.29 is 9.47 Å². The summed E-state index contributed by atoms with van der Waals surface area (Å²) in [5, 5.41) is 7.64. The summed E-state index contributed by atoms with van der Waals surface area (Å²) < 4.78 is 11.3. The maximum absolute atomic E-state index is 5.86. The fourth-order valence-corrected chi connectivity index (χ4v) is 3.47. The molecule has 0 aliphatic rings. The lowest BCUT2D eigenvalue weighted by Crippen LogP contribution is -2.36. The maximum atomic E-state index is 5.86. The van der Waals surface area contributed by atoms with Crippen LogP contribution in [0.4, 0.5) is 0 Å². The zero-order valence-electron chi connectivity index (χ0n) is 17.9. The van der Waals surface area contributed by atoms with Crippen LogP contribution in [0.3, 0.4) is 0 Å². The molecule has 0 saturated heterocycles. The van der Waals surface area contributed by atoms with Gasteiger partial charge in [0.05, 0.1) is 13.2 Å². The summed E-state index contributed by atoms with van der Waals surface area (Å²) in [4.78, 5) is 14.3. The molecule has 1 aromatic carbocycles. The summed E-state index contributed by atoms with van der Waals surface area (Å²) in [6, 6.07) is 11.3. The first-order valence-corrected chi connectivity index (χ1v) is 10.8. The van der Waals surface area contributed by atoms with Crippen LogP contribution in [0.25, 0.3) is 0 Å². The molecule has 7 nitrogen and oxygen atoms in total. The zero-order chi connectivity index (χ0) is 21.2. The minimum atomic E-state index is 0. The summed E-state index contributed by atoms with van der Waals surface area (Å²) in [6.07, 6.45) is 4.67. The highest BCUT2D eigenvalue weighted by molar-refractivity contribution is 14.0. The molecular formula is C22H28IN5O2S. The quantitative estimate of drug-likeness (QED) is 0.226. The van der Waals surface area contributed by atoms with E-state index in [-0.39, 0.29) is 24.0 Å². The van der Waals surface area contributed by atoms with Crippen LogP contribution in [-0.2, 0) is 19.5 Å². The van der Waals surface area contributed by atoms with E-state index in [4.69, 9.17) is 9.47 Å². The number of guanidine groups is 1. The van der Waals surface area contributed by atoms with Gasteiger partial charge in [0.1, 0.15) is 16.5 Å². The van der Waals surface area contributed by atoms with Gasteiger partial charge in [0.2, 0.25) is 5.88 Å². The first kappa shape index (κ1) is 24.9. The van der Waals surface area contributed by atoms with Crippen LogP contribution in [0.15, 0.2) is 53.8 Å². The minimum absolute atomic E-state index is 0. The lowest BCUT2D eigenvalue weighted by atomic mass is 10.2. The summed E-state index contributed by atoms with van der Waals surface area (Å²) in [5.74, 6) is 2.78. The SMILES string of the molecule is CCOc1ccc(Oc2cc(CNC(=NC)NCc3ncc(CC)s3)ccn2)cc1.I. The molecule has 0 radical (unpaired) electrons. The average molecular weight is 553 g/mol. The van der Waals surface area contributed by atoms with E-state index in [1.54, 1.807) is 24.6 Å². The summed E-state index contributed by atoms with van der Waals surface area (Å²) in [7, 11) is 1.75. The number of aromatic nitrogens is 2. The Morgan fingerprint density at radius 3 is 2.45 bits per heavy atom. The fourth-order valence-electron chi connectivity index (χ4n) is 2.67. The number of hydrogen-bond acceptors (Lipinski definition) is 6. The van der Waals surface area contributed by atoms with E-state index in [1.165, 1.54) is 4.88 Å². The van der Waals surface area contributed by atoms with Crippen molar-refractivity contribution in [3.05, 3.63) is 64.2 Å². The van der Waals surface area contributed by atoms with E-state index in [0.717, 1.165) is 22.7 Å². The van der Waals surface area contributed by atoms with E-state index in [9.17, 15) is 0 Å². The third-order valence-electron chi connectivity index (χ3n) is 4.20. The Balaban J connectivity index is 0.00000341. The van der Waals surface area contributed by atoms with Crippen molar-refractivity contribution in [2.45, 2.75) is 33.4 Å². The molecule has 0 saturated carbocycles. The highest BCUT2D eigenvalue weighted by Gasteiger charge is 2.05. The molecule has 0 aliphatic carbocycles. The fraction of sp³-hybridized carbons (Fsp3) is 0.318. The highest BCUT2D eigenvalue weighted by Crippen LogP contribution is 2.23. The molecule has 3 rings (SSSR count). The number of nitrogens with zero attached hydrogens (tertiary/aromatic N) is 3. The largest absolute Gasteiger partial charge is 0.494 e. The van der Waals surface area contributed by atoms with Crippen LogP contribution < -0.4 is 20.1 Å². The normalized spacial score (nSPS) is 10.9. The molecule has 0 spiro atoms. The standard InChI is InChI=1S/C22H27N5O2S.HI/c1-4-19-14-25-21(30-19)15-27-22(23-3)26-13-16-10-11-24-20(12-16)29-18-8-6-17(7-9-18)28-5-2;/h6-12,14H,4-5,13,15H2,1-3H3,(H2,23,26,27);1H. The van der Waals surface area contributed by atoms with Gasteiger partial charge in [0.15, 0.2) is 5.96 Å². The Bertz CT molecular complexity index is 963. The topological polar surface area (TPSA) is 80.7 Å². The zero-order valence-corrected chi connectivity index (χ0v) is 21.1. The van der Waals surface area contributed by atoms with Gasteiger partial charge in [-0.15, -0.1) is 35.3 Å². The first-order valence-electron chi connectivity index (χ1n) is 9.94. The Kier molecular flexibility index (Phi) is 10.5. The monoisotopic (exact) mass is 553 g/mol. The van der Waals surface area contributed by atoms with E-state index in [1.807, 2.05) is 49.5 Å². The predicted molar refractivity (Wildman–Crippen MR) is 136 cm³/mol. The van der Waals surface area contributed by atoms with Crippen LogP contribution >= 0.6 is 35.3 Å². The molecule has 0 fully saturated rings. The summed E-state index contributed by atoms with van der Waals surface area (Å²) in [5.41, 5.74) is 1.04. The Morgan fingerprint density at radius 1 is 1.03 bits per heavy atom. The molecule has 2 N–H and O–H groups in total.